The predicted octanol–water partition coefficient (Wildman–Crippen LogP) is 4.13. The zero-order chi connectivity index (χ0) is 15.9. The van der Waals surface area contributed by atoms with E-state index in [0.29, 0.717) is 6.54 Å². The van der Waals surface area contributed by atoms with Gasteiger partial charge in [0.1, 0.15) is 5.75 Å². The van der Waals surface area contributed by atoms with Crippen molar-refractivity contribution >= 4 is 27.9 Å². The molecule has 0 unspecified atom stereocenters. The molecule has 22 heavy (non-hydrogen) atoms. The van der Waals surface area contributed by atoms with E-state index in [2.05, 4.69) is 15.9 Å². The summed E-state index contributed by atoms with van der Waals surface area (Å²) in [4.78, 5) is 13.8. The van der Waals surface area contributed by atoms with Crippen LogP contribution in [0.2, 0.25) is 0 Å². The van der Waals surface area contributed by atoms with E-state index in [1.165, 1.54) is 0 Å². The number of hydrogen-bond acceptors (Lipinski definition) is 2. The summed E-state index contributed by atoms with van der Waals surface area (Å²) in [6.07, 6.45) is 3.40. The van der Waals surface area contributed by atoms with Crippen molar-refractivity contribution in [3.63, 3.8) is 0 Å². The number of nitrogens with zero attached hydrogens (tertiary/aromatic N) is 1. The van der Waals surface area contributed by atoms with Gasteiger partial charge >= 0.3 is 0 Å². The van der Waals surface area contributed by atoms with E-state index in [-0.39, 0.29) is 5.91 Å². The summed E-state index contributed by atoms with van der Waals surface area (Å²) < 4.78 is 6.30. The molecule has 2 rings (SSSR count). The lowest BCUT2D eigenvalue weighted by Crippen LogP contribution is -2.24. The van der Waals surface area contributed by atoms with Gasteiger partial charge in [-0.15, -0.1) is 0 Å². The van der Waals surface area contributed by atoms with Crippen molar-refractivity contribution in [2.24, 2.45) is 0 Å². The van der Waals surface area contributed by atoms with Crippen LogP contribution in [0.3, 0.4) is 0 Å². The number of halogens is 1. The Kier molecular flexibility index (Phi) is 5.78. The lowest BCUT2D eigenvalue weighted by atomic mass is 10.2. The average Bonchev–Trinajstić information content (AvgIpc) is 2.53. The summed E-state index contributed by atoms with van der Waals surface area (Å²) in [7, 11) is 3.40. The zero-order valence-corrected chi connectivity index (χ0v) is 14.2. The fourth-order valence-corrected chi connectivity index (χ4v) is 2.47. The first-order chi connectivity index (χ1) is 10.6. The summed E-state index contributed by atoms with van der Waals surface area (Å²) in [5, 5.41) is 0. The van der Waals surface area contributed by atoms with Crippen LogP contribution in [-0.4, -0.2) is 25.0 Å². The minimum Gasteiger partial charge on any atom is -0.496 e. The maximum absolute atomic E-state index is 12.2. The molecule has 4 heteroatoms. The van der Waals surface area contributed by atoms with E-state index < -0.39 is 0 Å². The molecule has 0 aliphatic carbocycles. The molecular weight excluding hydrogens is 342 g/mol. The highest BCUT2D eigenvalue weighted by Crippen LogP contribution is 2.24. The molecule has 0 saturated heterocycles. The topological polar surface area (TPSA) is 29.5 Å². The second kappa shape index (κ2) is 7.80. The molecular formula is C18H18BrNO2. The largest absolute Gasteiger partial charge is 0.496 e. The summed E-state index contributed by atoms with van der Waals surface area (Å²) >= 11 is 3.44. The highest BCUT2D eigenvalue weighted by molar-refractivity contribution is 9.10. The number of rotatable bonds is 5. The minimum atomic E-state index is -0.0501. The SMILES string of the molecule is COc1ccc(Br)cc1CN(C)C(=O)/C=C/c1ccccc1. The van der Waals surface area contributed by atoms with Crippen LogP contribution in [0.4, 0.5) is 0 Å². The average molecular weight is 360 g/mol. The van der Waals surface area contributed by atoms with E-state index in [1.54, 1.807) is 25.1 Å². The molecule has 2 aromatic carbocycles. The van der Waals surface area contributed by atoms with E-state index >= 15 is 0 Å². The lowest BCUT2D eigenvalue weighted by molar-refractivity contribution is -0.125. The molecule has 3 nitrogen and oxygen atoms in total. The normalized spacial score (nSPS) is 10.7. The Labute approximate surface area is 139 Å². The number of methoxy groups -OCH3 is 1. The Balaban J connectivity index is 2.05. The number of benzene rings is 2. The number of ether oxygens (including phenoxy) is 1. The van der Waals surface area contributed by atoms with E-state index in [4.69, 9.17) is 4.74 Å². The third kappa shape index (κ3) is 4.46. The van der Waals surface area contributed by atoms with Crippen LogP contribution in [-0.2, 0) is 11.3 Å². The molecule has 0 bridgehead atoms. The van der Waals surface area contributed by atoms with Gasteiger partial charge in [0.05, 0.1) is 7.11 Å². The maximum Gasteiger partial charge on any atom is 0.246 e. The van der Waals surface area contributed by atoms with Crippen molar-refractivity contribution in [3.05, 3.63) is 70.2 Å². The highest BCUT2D eigenvalue weighted by Gasteiger charge is 2.10. The quantitative estimate of drug-likeness (QED) is 0.751. The zero-order valence-electron chi connectivity index (χ0n) is 12.6. The standard InChI is InChI=1S/C18H18BrNO2/c1-20(13-15-12-16(19)9-10-17(15)22-2)18(21)11-8-14-6-4-3-5-7-14/h3-12H,13H2,1-2H3/b11-8+. The van der Waals surface area contributed by atoms with Crippen LogP contribution >= 0.6 is 15.9 Å². The van der Waals surface area contributed by atoms with Crippen molar-refractivity contribution in [1.82, 2.24) is 4.90 Å². The molecule has 0 spiro atoms. The molecule has 0 atom stereocenters. The molecule has 0 aliphatic heterocycles. The smallest absolute Gasteiger partial charge is 0.246 e. The lowest BCUT2D eigenvalue weighted by Gasteiger charge is -2.17. The van der Waals surface area contributed by atoms with Gasteiger partial charge in [-0.2, -0.15) is 0 Å². The summed E-state index contributed by atoms with van der Waals surface area (Å²) in [5.74, 6) is 0.723. The molecule has 0 radical (unpaired) electrons. The number of amides is 1. The van der Waals surface area contributed by atoms with Gasteiger partial charge in [0.15, 0.2) is 0 Å². The highest BCUT2D eigenvalue weighted by atomic mass is 79.9. The number of likely N-dealkylation sites (N-methyl/N-ethyl adjacent to an activating group) is 1. The van der Waals surface area contributed by atoms with Gasteiger partial charge < -0.3 is 9.64 Å². The van der Waals surface area contributed by atoms with Crippen LogP contribution in [0.1, 0.15) is 11.1 Å². The van der Waals surface area contributed by atoms with Gasteiger partial charge in [0.2, 0.25) is 5.91 Å². The number of carbonyl (C=O) groups excluding carboxylic acids is 1. The number of carbonyl (C=O) groups is 1. The van der Waals surface area contributed by atoms with Gasteiger partial charge in [0, 0.05) is 29.7 Å². The second-order valence-corrected chi connectivity index (χ2v) is 5.81. The maximum atomic E-state index is 12.2. The van der Waals surface area contributed by atoms with Gasteiger partial charge in [-0.1, -0.05) is 46.3 Å². The summed E-state index contributed by atoms with van der Waals surface area (Å²) in [6.45, 7) is 0.487. The van der Waals surface area contributed by atoms with Crippen molar-refractivity contribution in [2.45, 2.75) is 6.54 Å². The Bertz CT molecular complexity index is 668. The Morgan fingerprint density at radius 2 is 1.95 bits per heavy atom. The molecule has 0 aromatic heterocycles. The van der Waals surface area contributed by atoms with Crippen LogP contribution in [0.25, 0.3) is 6.08 Å². The molecule has 0 N–H and O–H groups in total. The van der Waals surface area contributed by atoms with Crippen LogP contribution < -0.4 is 4.74 Å². The van der Waals surface area contributed by atoms with Crippen LogP contribution in [0.5, 0.6) is 5.75 Å². The Morgan fingerprint density at radius 1 is 1.23 bits per heavy atom. The van der Waals surface area contributed by atoms with Crippen molar-refractivity contribution < 1.29 is 9.53 Å². The van der Waals surface area contributed by atoms with Gasteiger partial charge in [0.25, 0.3) is 0 Å². The first-order valence-electron chi connectivity index (χ1n) is 6.91. The van der Waals surface area contributed by atoms with Crippen molar-refractivity contribution in [1.29, 1.82) is 0 Å². The van der Waals surface area contributed by atoms with Gasteiger partial charge in [-0.05, 0) is 29.8 Å². The third-order valence-corrected chi connectivity index (χ3v) is 3.74. The molecule has 1 amide bonds. The van der Waals surface area contributed by atoms with Crippen LogP contribution in [0.15, 0.2) is 59.1 Å². The Morgan fingerprint density at radius 3 is 2.64 bits per heavy atom. The van der Waals surface area contributed by atoms with Crippen LogP contribution in [0, 0.1) is 0 Å². The minimum absolute atomic E-state index is 0.0501. The van der Waals surface area contributed by atoms with Crippen molar-refractivity contribution in [2.75, 3.05) is 14.2 Å². The molecule has 0 saturated carbocycles. The fraction of sp³-hybridized carbons (Fsp3) is 0.167. The van der Waals surface area contributed by atoms with E-state index in [0.717, 1.165) is 21.3 Å². The third-order valence-electron chi connectivity index (χ3n) is 3.24. The molecule has 114 valence electrons. The van der Waals surface area contributed by atoms with Crippen molar-refractivity contribution in [3.8, 4) is 5.75 Å². The predicted molar refractivity (Wildman–Crippen MR) is 92.6 cm³/mol. The number of hydrogen-bond donors (Lipinski definition) is 0. The summed E-state index contributed by atoms with van der Waals surface area (Å²) in [5.41, 5.74) is 1.96. The molecule has 0 heterocycles. The fourth-order valence-electron chi connectivity index (χ4n) is 2.06. The molecule has 2 aromatic rings. The molecule has 0 aliphatic rings. The van der Waals surface area contributed by atoms with Gasteiger partial charge in [-0.25, -0.2) is 0 Å². The van der Waals surface area contributed by atoms with E-state index in [1.807, 2.05) is 54.6 Å². The monoisotopic (exact) mass is 359 g/mol. The molecule has 0 fully saturated rings. The first-order valence-corrected chi connectivity index (χ1v) is 7.70. The summed E-state index contributed by atoms with van der Waals surface area (Å²) in [6, 6.07) is 15.5. The van der Waals surface area contributed by atoms with Gasteiger partial charge in [-0.3, -0.25) is 4.79 Å². The van der Waals surface area contributed by atoms with E-state index in [9.17, 15) is 4.79 Å². The Hall–Kier alpha value is -2.07. The first kappa shape index (κ1) is 16.3. The second-order valence-electron chi connectivity index (χ2n) is 4.89.